The summed E-state index contributed by atoms with van der Waals surface area (Å²) in [4.78, 5) is 33.7. The van der Waals surface area contributed by atoms with E-state index in [2.05, 4.69) is 0 Å². The van der Waals surface area contributed by atoms with Crippen molar-refractivity contribution in [2.24, 2.45) is 0 Å². The monoisotopic (exact) mass is 292 g/mol. The van der Waals surface area contributed by atoms with Gasteiger partial charge in [-0.15, -0.1) is 0 Å². The van der Waals surface area contributed by atoms with E-state index in [1.165, 1.54) is 24.4 Å². The topological polar surface area (TPSA) is 82.2 Å². The minimum Gasteiger partial charge on any atom is -0.302 e. The van der Waals surface area contributed by atoms with E-state index in [4.69, 9.17) is 11.6 Å². The van der Waals surface area contributed by atoms with Gasteiger partial charge in [0.15, 0.2) is 5.78 Å². The molecule has 2 aromatic rings. The molecule has 7 heteroatoms. The quantitative estimate of drug-likeness (QED) is 0.492. The van der Waals surface area contributed by atoms with Gasteiger partial charge in [0.05, 0.1) is 11.5 Å². The van der Waals surface area contributed by atoms with Crippen LogP contribution < -0.4 is 5.56 Å². The summed E-state index contributed by atoms with van der Waals surface area (Å²) in [7, 11) is 0. The summed E-state index contributed by atoms with van der Waals surface area (Å²) < 4.78 is 1.01. The molecular formula is C13H9ClN2O4. The van der Waals surface area contributed by atoms with Crippen LogP contribution in [-0.2, 0) is 6.54 Å². The van der Waals surface area contributed by atoms with Crippen LogP contribution in [0.5, 0.6) is 0 Å². The Morgan fingerprint density at radius 3 is 2.50 bits per heavy atom. The van der Waals surface area contributed by atoms with Crippen LogP contribution in [0.15, 0.2) is 47.4 Å². The van der Waals surface area contributed by atoms with Crippen molar-refractivity contribution in [3.05, 3.63) is 73.6 Å². The standard InChI is InChI=1S/C13H9ClN2O4/c14-10-5-3-9(4-6-10)12(17)8-15-7-1-2-11(13(15)18)16(19)20/h1-7H,8H2. The fraction of sp³-hybridized carbons (Fsp3) is 0.0769. The molecule has 1 aromatic carbocycles. The van der Waals surface area contributed by atoms with E-state index in [-0.39, 0.29) is 12.3 Å². The lowest BCUT2D eigenvalue weighted by Gasteiger charge is -2.04. The summed E-state index contributed by atoms with van der Waals surface area (Å²) in [5.41, 5.74) is -0.982. The van der Waals surface area contributed by atoms with E-state index in [1.807, 2.05) is 0 Å². The number of pyridine rings is 1. The van der Waals surface area contributed by atoms with Crippen molar-refractivity contribution >= 4 is 23.1 Å². The summed E-state index contributed by atoms with van der Waals surface area (Å²) in [5.74, 6) is -0.329. The van der Waals surface area contributed by atoms with E-state index < -0.39 is 16.2 Å². The lowest BCUT2D eigenvalue weighted by Crippen LogP contribution is -2.25. The molecule has 0 saturated heterocycles. The maximum absolute atomic E-state index is 12.0. The van der Waals surface area contributed by atoms with Crippen LogP contribution in [0.3, 0.4) is 0 Å². The molecule has 2 rings (SSSR count). The van der Waals surface area contributed by atoms with Crippen molar-refractivity contribution in [1.29, 1.82) is 0 Å². The van der Waals surface area contributed by atoms with Gasteiger partial charge >= 0.3 is 11.2 Å². The van der Waals surface area contributed by atoms with E-state index in [0.29, 0.717) is 10.6 Å². The van der Waals surface area contributed by atoms with Crippen molar-refractivity contribution < 1.29 is 9.72 Å². The van der Waals surface area contributed by atoms with Gasteiger partial charge in [0, 0.05) is 22.8 Å². The summed E-state index contributed by atoms with van der Waals surface area (Å²) in [6.45, 7) is -0.262. The second-order valence-electron chi connectivity index (χ2n) is 4.01. The van der Waals surface area contributed by atoms with Crippen molar-refractivity contribution in [3.63, 3.8) is 0 Å². The molecule has 0 radical (unpaired) electrons. The zero-order valence-corrected chi connectivity index (χ0v) is 10.9. The number of aromatic nitrogens is 1. The third-order valence-electron chi connectivity index (χ3n) is 2.68. The summed E-state index contributed by atoms with van der Waals surface area (Å²) in [6, 6.07) is 8.65. The minimum absolute atomic E-state index is 0.262. The molecule has 0 bridgehead atoms. The van der Waals surface area contributed by atoms with E-state index in [0.717, 1.165) is 10.6 Å². The normalized spacial score (nSPS) is 10.2. The van der Waals surface area contributed by atoms with Gasteiger partial charge in [-0.25, -0.2) is 0 Å². The fourth-order valence-electron chi connectivity index (χ4n) is 1.67. The Labute approximate surface area is 118 Å². The van der Waals surface area contributed by atoms with Crippen molar-refractivity contribution in [3.8, 4) is 0 Å². The third kappa shape index (κ3) is 2.92. The fourth-order valence-corrected chi connectivity index (χ4v) is 1.80. The molecule has 0 aliphatic carbocycles. The molecule has 0 saturated carbocycles. The van der Waals surface area contributed by atoms with Crippen molar-refractivity contribution in [1.82, 2.24) is 4.57 Å². The first kappa shape index (κ1) is 14.0. The molecule has 1 heterocycles. The van der Waals surface area contributed by atoms with Crippen LogP contribution in [-0.4, -0.2) is 15.3 Å². The first-order valence-electron chi connectivity index (χ1n) is 5.61. The molecule has 0 atom stereocenters. The second-order valence-corrected chi connectivity index (χ2v) is 4.45. The Kier molecular flexibility index (Phi) is 3.95. The summed E-state index contributed by atoms with van der Waals surface area (Å²) >= 11 is 5.72. The molecule has 0 unspecified atom stereocenters. The first-order chi connectivity index (χ1) is 9.49. The number of nitrogens with zero attached hydrogens (tertiary/aromatic N) is 2. The minimum atomic E-state index is -0.806. The molecule has 0 fully saturated rings. The number of carbonyl (C=O) groups excluding carboxylic acids is 1. The SMILES string of the molecule is O=C(Cn1cccc([N+](=O)[O-])c1=O)c1ccc(Cl)cc1. The van der Waals surface area contributed by atoms with Crippen LogP contribution in [0, 0.1) is 10.1 Å². The largest absolute Gasteiger partial charge is 0.334 e. The van der Waals surface area contributed by atoms with Crippen LogP contribution in [0.1, 0.15) is 10.4 Å². The van der Waals surface area contributed by atoms with Gasteiger partial charge in [-0.2, -0.15) is 0 Å². The number of hydrogen-bond donors (Lipinski definition) is 0. The number of Topliss-reactive ketones (excluding diaryl/α,β-unsaturated/α-hetero) is 1. The lowest BCUT2D eigenvalue weighted by molar-refractivity contribution is -0.386. The second kappa shape index (κ2) is 5.66. The molecule has 0 spiro atoms. The molecule has 0 aliphatic rings. The van der Waals surface area contributed by atoms with Gasteiger partial charge in [0.2, 0.25) is 0 Å². The van der Waals surface area contributed by atoms with Gasteiger partial charge in [0.25, 0.3) is 0 Å². The highest BCUT2D eigenvalue weighted by atomic mass is 35.5. The summed E-state index contributed by atoms with van der Waals surface area (Å²) in [6.07, 6.45) is 1.34. The molecule has 102 valence electrons. The van der Waals surface area contributed by atoms with Gasteiger partial charge < -0.3 is 4.57 Å². The van der Waals surface area contributed by atoms with Crippen LogP contribution >= 0.6 is 11.6 Å². The van der Waals surface area contributed by atoms with E-state index in [1.54, 1.807) is 12.1 Å². The Hall–Kier alpha value is -2.47. The lowest BCUT2D eigenvalue weighted by atomic mass is 10.1. The smallest absolute Gasteiger partial charge is 0.302 e. The molecule has 0 aliphatic heterocycles. The highest BCUT2D eigenvalue weighted by Crippen LogP contribution is 2.11. The number of nitro groups is 1. The highest BCUT2D eigenvalue weighted by Gasteiger charge is 2.15. The van der Waals surface area contributed by atoms with Crippen LogP contribution in [0.4, 0.5) is 5.69 Å². The molecule has 0 amide bonds. The van der Waals surface area contributed by atoms with Crippen molar-refractivity contribution in [2.75, 3.05) is 0 Å². The van der Waals surface area contributed by atoms with E-state index >= 15 is 0 Å². The molecule has 0 N–H and O–H groups in total. The average molecular weight is 293 g/mol. The Balaban J connectivity index is 2.29. The number of benzene rings is 1. The molecular weight excluding hydrogens is 284 g/mol. The third-order valence-corrected chi connectivity index (χ3v) is 2.93. The molecule has 6 nitrogen and oxygen atoms in total. The number of carbonyl (C=O) groups is 1. The van der Waals surface area contributed by atoms with Gasteiger partial charge in [-0.3, -0.25) is 19.7 Å². The predicted molar refractivity (Wildman–Crippen MR) is 73.1 cm³/mol. The molecule has 1 aromatic heterocycles. The Morgan fingerprint density at radius 1 is 1.25 bits per heavy atom. The van der Waals surface area contributed by atoms with E-state index in [9.17, 15) is 19.7 Å². The Morgan fingerprint density at radius 2 is 1.90 bits per heavy atom. The number of rotatable bonds is 4. The highest BCUT2D eigenvalue weighted by molar-refractivity contribution is 6.30. The predicted octanol–water partition coefficient (Wildman–Crippen LogP) is 2.29. The van der Waals surface area contributed by atoms with Crippen molar-refractivity contribution in [2.45, 2.75) is 6.54 Å². The summed E-state index contributed by atoms with van der Waals surface area (Å²) in [5, 5.41) is 11.2. The maximum atomic E-state index is 12.0. The average Bonchev–Trinajstić information content (AvgIpc) is 2.41. The van der Waals surface area contributed by atoms with Crippen LogP contribution in [0.25, 0.3) is 0 Å². The zero-order chi connectivity index (χ0) is 14.7. The number of hydrogen-bond acceptors (Lipinski definition) is 4. The number of ketones is 1. The van der Waals surface area contributed by atoms with Gasteiger partial charge in [0.1, 0.15) is 0 Å². The number of halogens is 1. The van der Waals surface area contributed by atoms with Gasteiger partial charge in [-0.1, -0.05) is 11.6 Å². The zero-order valence-electron chi connectivity index (χ0n) is 10.2. The first-order valence-corrected chi connectivity index (χ1v) is 5.99. The Bertz CT molecular complexity index is 722. The van der Waals surface area contributed by atoms with Crippen LogP contribution in [0.2, 0.25) is 5.02 Å². The maximum Gasteiger partial charge on any atom is 0.334 e. The molecule has 20 heavy (non-hydrogen) atoms. The van der Waals surface area contributed by atoms with Gasteiger partial charge in [-0.05, 0) is 30.3 Å².